The fourth-order valence-corrected chi connectivity index (χ4v) is 6.73. The van der Waals surface area contributed by atoms with Crippen molar-refractivity contribution in [2.24, 2.45) is 5.92 Å². The Bertz CT molecular complexity index is 747. The van der Waals surface area contributed by atoms with Crippen molar-refractivity contribution >= 4 is 5.91 Å². The first-order valence-electron chi connectivity index (χ1n) is 11.6. The van der Waals surface area contributed by atoms with Crippen molar-refractivity contribution in [3.63, 3.8) is 0 Å². The van der Waals surface area contributed by atoms with Gasteiger partial charge in [-0.1, -0.05) is 0 Å². The maximum atomic E-state index is 13.1. The number of hydrogen-bond acceptors (Lipinski definition) is 5. The maximum absolute atomic E-state index is 13.1. The van der Waals surface area contributed by atoms with Crippen LogP contribution in [-0.4, -0.2) is 77.1 Å². The minimum Gasteiger partial charge on any atom is -0.468 e. The summed E-state index contributed by atoms with van der Waals surface area (Å²) in [6.07, 6.45) is 9.94. The first kappa shape index (κ1) is 18.4. The Morgan fingerprint density at radius 3 is 2.93 bits per heavy atom. The van der Waals surface area contributed by atoms with E-state index in [1.807, 2.05) is 6.07 Å². The van der Waals surface area contributed by atoms with Crippen LogP contribution in [0.25, 0.3) is 0 Å². The van der Waals surface area contributed by atoms with Crippen molar-refractivity contribution in [3.8, 4) is 0 Å². The van der Waals surface area contributed by atoms with Gasteiger partial charge in [0.25, 0.3) is 0 Å². The summed E-state index contributed by atoms with van der Waals surface area (Å²) in [5.41, 5.74) is 0.168. The lowest BCUT2D eigenvalue weighted by molar-refractivity contribution is -0.158. The van der Waals surface area contributed by atoms with Gasteiger partial charge in [0, 0.05) is 37.3 Å². The molecule has 4 aliphatic heterocycles. The average Bonchev–Trinajstić information content (AvgIpc) is 3.43. The van der Waals surface area contributed by atoms with Crippen LogP contribution in [0.15, 0.2) is 22.8 Å². The molecule has 0 bridgehead atoms. The molecule has 158 valence electrons. The highest BCUT2D eigenvalue weighted by Gasteiger charge is 2.50. The predicted molar refractivity (Wildman–Crippen MR) is 108 cm³/mol. The summed E-state index contributed by atoms with van der Waals surface area (Å²) in [4.78, 5) is 20.5. The normalized spacial score (nSPS) is 36.3. The summed E-state index contributed by atoms with van der Waals surface area (Å²) < 4.78 is 11.9. The molecule has 4 saturated heterocycles. The van der Waals surface area contributed by atoms with Crippen molar-refractivity contribution in [3.05, 3.63) is 24.2 Å². The average molecular weight is 400 g/mol. The Labute approximate surface area is 173 Å². The van der Waals surface area contributed by atoms with E-state index in [0.717, 1.165) is 44.6 Å². The summed E-state index contributed by atoms with van der Waals surface area (Å²) in [6, 6.07) is 5.43. The van der Waals surface area contributed by atoms with E-state index in [1.165, 1.54) is 45.1 Å². The number of ether oxygens (including phenoxy) is 1. The zero-order valence-corrected chi connectivity index (χ0v) is 17.3. The second-order valence-corrected chi connectivity index (χ2v) is 10.1. The van der Waals surface area contributed by atoms with Gasteiger partial charge in [0.15, 0.2) is 0 Å². The summed E-state index contributed by atoms with van der Waals surface area (Å²) in [7, 11) is 0. The van der Waals surface area contributed by atoms with Crippen molar-refractivity contribution in [1.29, 1.82) is 0 Å². The van der Waals surface area contributed by atoms with Gasteiger partial charge in [0.2, 0.25) is 5.91 Å². The molecule has 5 aliphatic rings. The molecule has 1 aromatic rings. The van der Waals surface area contributed by atoms with Crippen LogP contribution in [0.1, 0.15) is 50.7 Å². The zero-order chi connectivity index (χ0) is 19.4. The lowest BCUT2D eigenvalue weighted by Crippen LogP contribution is -2.62. The van der Waals surface area contributed by atoms with Gasteiger partial charge in [-0.25, -0.2) is 0 Å². The van der Waals surface area contributed by atoms with E-state index in [2.05, 4.69) is 20.8 Å². The molecule has 1 amide bonds. The lowest BCUT2D eigenvalue weighted by atomic mass is 9.74. The summed E-state index contributed by atoms with van der Waals surface area (Å²) >= 11 is 0. The molecule has 1 aliphatic carbocycles. The first-order valence-corrected chi connectivity index (χ1v) is 11.6. The third-order valence-electron chi connectivity index (χ3n) is 8.48. The Kier molecular flexibility index (Phi) is 4.51. The van der Waals surface area contributed by atoms with Gasteiger partial charge in [-0.15, -0.1) is 0 Å². The minimum atomic E-state index is 0.00339. The van der Waals surface area contributed by atoms with Gasteiger partial charge in [0.1, 0.15) is 5.76 Å². The molecule has 6 rings (SSSR count). The van der Waals surface area contributed by atoms with Crippen LogP contribution in [0.2, 0.25) is 0 Å². The highest BCUT2D eigenvalue weighted by Crippen LogP contribution is 2.43. The van der Waals surface area contributed by atoms with Crippen LogP contribution >= 0.6 is 0 Å². The molecule has 4 atom stereocenters. The lowest BCUT2D eigenvalue weighted by Gasteiger charge is -2.54. The molecule has 1 saturated carbocycles. The van der Waals surface area contributed by atoms with Crippen molar-refractivity contribution in [2.45, 2.75) is 75.2 Å². The SMILES string of the molecule is O=C(CC1CN(Cc2ccco2)C2(CCC2)CO1)N1C[C@H]2CC3CCCN3[C@H]2C1. The Hall–Kier alpha value is -1.37. The molecule has 2 unspecified atom stereocenters. The quantitative estimate of drug-likeness (QED) is 0.779. The van der Waals surface area contributed by atoms with E-state index in [0.29, 0.717) is 24.3 Å². The molecular weight excluding hydrogens is 366 g/mol. The molecule has 1 spiro atoms. The van der Waals surface area contributed by atoms with Crippen LogP contribution in [0.4, 0.5) is 0 Å². The largest absolute Gasteiger partial charge is 0.468 e. The molecule has 29 heavy (non-hydrogen) atoms. The Morgan fingerprint density at radius 1 is 1.21 bits per heavy atom. The van der Waals surface area contributed by atoms with Gasteiger partial charge < -0.3 is 14.1 Å². The number of carbonyl (C=O) groups is 1. The molecule has 5 heterocycles. The summed E-state index contributed by atoms with van der Waals surface area (Å²) in [6.45, 7) is 5.55. The molecule has 6 heteroatoms. The first-order chi connectivity index (χ1) is 14.2. The molecular formula is C23H33N3O3. The third kappa shape index (κ3) is 3.15. The number of nitrogens with zero attached hydrogens (tertiary/aromatic N) is 3. The van der Waals surface area contributed by atoms with Crippen LogP contribution in [0.5, 0.6) is 0 Å². The number of fused-ring (bicyclic) bond motifs is 3. The van der Waals surface area contributed by atoms with Crippen LogP contribution < -0.4 is 0 Å². The summed E-state index contributed by atoms with van der Waals surface area (Å²) in [5, 5.41) is 0. The fourth-order valence-electron chi connectivity index (χ4n) is 6.73. The third-order valence-corrected chi connectivity index (χ3v) is 8.48. The molecule has 1 aromatic heterocycles. The number of morpholine rings is 1. The van der Waals surface area contributed by atoms with E-state index in [1.54, 1.807) is 6.26 Å². The van der Waals surface area contributed by atoms with Crippen LogP contribution in [-0.2, 0) is 16.1 Å². The van der Waals surface area contributed by atoms with Gasteiger partial charge >= 0.3 is 0 Å². The molecule has 5 fully saturated rings. The number of carbonyl (C=O) groups excluding carboxylic acids is 1. The second kappa shape index (κ2) is 7.10. The molecule has 6 nitrogen and oxygen atoms in total. The van der Waals surface area contributed by atoms with Crippen LogP contribution in [0, 0.1) is 5.92 Å². The highest BCUT2D eigenvalue weighted by molar-refractivity contribution is 5.77. The van der Waals surface area contributed by atoms with E-state index < -0.39 is 0 Å². The number of hydrogen-bond donors (Lipinski definition) is 0. The predicted octanol–water partition coefficient (Wildman–Crippen LogP) is 2.49. The number of likely N-dealkylation sites (tertiary alicyclic amines) is 1. The zero-order valence-electron chi connectivity index (χ0n) is 17.3. The van der Waals surface area contributed by atoms with Crippen molar-refractivity contribution in [1.82, 2.24) is 14.7 Å². The van der Waals surface area contributed by atoms with E-state index >= 15 is 0 Å². The highest BCUT2D eigenvalue weighted by atomic mass is 16.5. The molecule has 0 radical (unpaired) electrons. The number of furan rings is 1. The van der Waals surface area contributed by atoms with Gasteiger partial charge in [0.05, 0.1) is 31.9 Å². The monoisotopic (exact) mass is 399 g/mol. The Morgan fingerprint density at radius 2 is 2.14 bits per heavy atom. The smallest absolute Gasteiger partial charge is 0.225 e. The van der Waals surface area contributed by atoms with Crippen molar-refractivity contribution in [2.75, 3.05) is 32.8 Å². The van der Waals surface area contributed by atoms with Gasteiger partial charge in [-0.3, -0.25) is 14.6 Å². The van der Waals surface area contributed by atoms with Crippen molar-refractivity contribution < 1.29 is 13.9 Å². The van der Waals surface area contributed by atoms with E-state index in [4.69, 9.17) is 9.15 Å². The summed E-state index contributed by atoms with van der Waals surface area (Å²) in [5.74, 6) is 2.00. The second-order valence-electron chi connectivity index (χ2n) is 10.1. The minimum absolute atomic E-state index is 0.00339. The van der Waals surface area contributed by atoms with E-state index in [9.17, 15) is 4.79 Å². The molecule has 0 N–H and O–H groups in total. The maximum Gasteiger partial charge on any atom is 0.225 e. The van der Waals surface area contributed by atoms with Gasteiger partial charge in [-0.05, 0) is 63.1 Å². The number of amides is 1. The topological polar surface area (TPSA) is 49.2 Å². The number of rotatable bonds is 4. The fraction of sp³-hybridized carbons (Fsp3) is 0.783. The van der Waals surface area contributed by atoms with E-state index in [-0.39, 0.29) is 11.6 Å². The molecule has 0 aromatic carbocycles. The Balaban J connectivity index is 1.08. The standard InChI is InChI=1S/C23H33N3O3/c27-22(24-12-17-10-18-4-1-8-26(18)21(17)15-24)11-20-14-25(13-19-5-2-9-28-19)23(16-29-20)6-3-7-23/h2,5,9,17-18,20-21H,1,3-4,6-8,10-16H2/t17-,18?,20?,21+/m1/s1. The van der Waals surface area contributed by atoms with Crippen LogP contribution in [0.3, 0.4) is 0 Å². The van der Waals surface area contributed by atoms with Gasteiger partial charge in [-0.2, -0.15) is 0 Å².